The number of nitrogens with zero attached hydrogens (tertiary/aromatic N) is 1. The largest absolute Gasteiger partial charge is 0.333 e. The molecule has 2 aliphatic rings. The van der Waals surface area contributed by atoms with Gasteiger partial charge in [-0.3, -0.25) is 4.79 Å². The summed E-state index contributed by atoms with van der Waals surface area (Å²) in [5.74, 6) is 0.408. The molecule has 4 nitrogen and oxygen atoms in total. The molecule has 0 aromatic rings. The van der Waals surface area contributed by atoms with Crippen molar-refractivity contribution in [2.24, 2.45) is 5.92 Å². The second kappa shape index (κ2) is 5.05. The normalized spacial score (nSPS) is 24.7. The van der Waals surface area contributed by atoms with Gasteiger partial charge in [-0.15, -0.1) is 0 Å². The lowest BCUT2D eigenvalue weighted by Gasteiger charge is -2.26. The number of nitriles is 1. The number of hydrogen-bond donors (Lipinski definition) is 2. The number of carbonyl (C=O) groups is 1. The summed E-state index contributed by atoms with van der Waals surface area (Å²) in [7, 11) is 0. The Labute approximate surface area is 103 Å². The maximum absolute atomic E-state index is 11.9. The average molecular weight is 236 g/mol. The summed E-state index contributed by atoms with van der Waals surface area (Å²) in [6, 6.07) is 2.27. The van der Waals surface area contributed by atoms with Crippen LogP contribution in [0.15, 0.2) is 0 Å². The van der Waals surface area contributed by atoms with Crippen molar-refractivity contribution in [1.82, 2.24) is 5.32 Å². The Kier molecular flexibility index (Phi) is 3.68. The SMILES string of the molecule is C[C@](C#N)(NC(=O)C[NH+]1CCCCC1)C1CC1. The Morgan fingerprint density at radius 2 is 2.06 bits per heavy atom. The Hall–Kier alpha value is -1.08. The van der Waals surface area contributed by atoms with Crippen molar-refractivity contribution in [3.8, 4) is 6.07 Å². The van der Waals surface area contributed by atoms with Gasteiger partial charge in [0.05, 0.1) is 19.2 Å². The van der Waals surface area contributed by atoms with E-state index in [-0.39, 0.29) is 5.91 Å². The van der Waals surface area contributed by atoms with Crippen LogP contribution in [0.2, 0.25) is 0 Å². The van der Waals surface area contributed by atoms with Crippen LogP contribution in [0.25, 0.3) is 0 Å². The van der Waals surface area contributed by atoms with Crippen molar-refractivity contribution >= 4 is 5.91 Å². The van der Waals surface area contributed by atoms with Crippen LogP contribution in [-0.2, 0) is 4.79 Å². The van der Waals surface area contributed by atoms with Crippen molar-refractivity contribution in [3.63, 3.8) is 0 Å². The highest BCUT2D eigenvalue weighted by Gasteiger charge is 2.43. The van der Waals surface area contributed by atoms with Crippen LogP contribution in [0.1, 0.15) is 39.0 Å². The zero-order chi connectivity index (χ0) is 12.3. The molecule has 2 rings (SSSR count). The Bertz CT molecular complexity index is 326. The van der Waals surface area contributed by atoms with E-state index >= 15 is 0 Å². The number of amides is 1. The van der Waals surface area contributed by atoms with E-state index in [1.54, 1.807) is 0 Å². The second-order valence-electron chi connectivity index (χ2n) is 5.62. The third-order valence-corrected chi connectivity index (χ3v) is 4.00. The van der Waals surface area contributed by atoms with Crippen molar-refractivity contribution < 1.29 is 9.69 Å². The van der Waals surface area contributed by atoms with Crippen molar-refractivity contribution in [1.29, 1.82) is 5.26 Å². The maximum atomic E-state index is 11.9. The van der Waals surface area contributed by atoms with E-state index < -0.39 is 5.54 Å². The fraction of sp³-hybridized carbons (Fsp3) is 0.846. The summed E-state index contributed by atoms with van der Waals surface area (Å²) in [6.07, 6.45) is 5.88. The zero-order valence-corrected chi connectivity index (χ0v) is 10.6. The van der Waals surface area contributed by atoms with E-state index in [9.17, 15) is 10.1 Å². The zero-order valence-electron chi connectivity index (χ0n) is 10.6. The van der Waals surface area contributed by atoms with Crippen LogP contribution in [0, 0.1) is 17.2 Å². The molecule has 1 amide bonds. The van der Waals surface area contributed by atoms with E-state index in [0.717, 1.165) is 25.9 Å². The molecule has 1 aliphatic heterocycles. The molecule has 0 aromatic carbocycles. The Morgan fingerprint density at radius 1 is 1.41 bits per heavy atom. The van der Waals surface area contributed by atoms with E-state index in [2.05, 4.69) is 11.4 Å². The summed E-state index contributed by atoms with van der Waals surface area (Å²) < 4.78 is 0. The first-order valence-corrected chi connectivity index (χ1v) is 6.70. The van der Waals surface area contributed by atoms with Crippen LogP contribution in [0.3, 0.4) is 0 Å². The number of rotatable bonds is 4. The van der Waals surface area contributed by atoms with Gasteiger partial charge in [-0.25, -0.2) is 0 Å². The monoisotopic (exact) mass is 236 g/mol. The first-order chi connectivity index (χ1) is 8.14. The highest BCUT2D eigenvalue weighted by Crippen LogP contribution is 2.39. The molecule has 1 aliphatic carbocycles. The summed E-state index contributed by atoms with van der Waals surface area (Å²) in [4.78, 5) is 13.3. The van der Waals surface area contributed by atoms with E-state index in [4.69, 9.17) is 0 Å². The minimum absolute atomic E-state index is 0.0397. The molecule has 1 atom stereocenters. The third kappa shape index (κ3) is 3.19. The summed E-state index contributed by atoms with van der Waals surface area (Å²) in [6.45, 7) is 4.58. The third-order valence-electron chi connectivity index (χ3n) is 4.00. The summed E-state index contributed by atoms with van der Waals surface area (Å²) in [5, 5.41) is 12.1. The van der Waals surface area contributed by atoms with Crippen LogP contribution < -0.4 is 10.2 Å². The van der Waals surface area contributed by atoms with Gasteiger partial charge >= 0.3 is 0 Å². The highest BCUT2D eigenvalue weighted by atomic mass is 16.2. The van der Waals surface area contributed by atoms with E-state index in [1.807, 2.05) is 6.92 Å². The molecular weight excluding hydrogens is 214 g/mol. The van der Waals surface area contributed by atoms with Gasteiger partial charge < -0.3 is 10.2 Å². The lowest BCUT2D eigenvalue weighted by atomic mass is 9.98. The van der Waals surface area contributed by atoms with E-state index in [1.165, 1.54) is 24.2 Å². The lowest BCUT2D eigenvalue weighted by Crippen LogP contribution is -3.14. The highest BCUT2D eigenvalue weighted by molar-refractivity contribution is 5.78. The van der Waals surface area contributed by atoms with Crippen molar-refractivity contribution in [2.75, 3.05) is 19.6 Å². The Morgan fingerprint density at radius 3 is 2.59 bits per heavy atom. The van der Waals surface area contributed by atoms with Crippen LogP contribution in [0.5, 0.6) is 0 Å². The van der Waals surface area contributed by atoms with Gasteiger partial charge in [0.2, 0.25) is 0 Å². The molecule has 0 aromatic heterocycles. The predicted octanol–water partition coefficient (Wildman–Crippen LogP) is -0.136. The van der Waals surface area contributed by atoms with Crippen LogP contribution in [-0.4, -0.2) is 31.1 Å². The molecule has 0 radical (unpaired) electrons. The molecule has 0 unspecified atom stereocenters. The Balaban J connectivity index is 1.81. The van der Waals surface area contributed by atoms with Gasteiger partial charge in [0, 0.05) is 0 Å². The molecule has 17 heavy (non-hydrogen) atoms. The fourth-order valence-corrected chi connectivity index (χ4v) is 2.67. The van der Waals surface area contributed by atoms with Crippen LogP contribution in [0.4, 0.5) is 0 Å². The molecule has 1 saturated heterocycles. The van der Waals surface area contributed by atoms with Gasteiger partial charge in [-0.05, 0) is 44.9 Å². The minimum Gasteiger partial charge on any atom is -0.333 e. The predicted molar refractivity (Wildman–Crippen MR) is 64.3 cm³/mol. The molecule has 0 spiro atoms. The molecular formula is C13H22N3O+. The molecule has 0 bridgehead atoms. The smallest absolute Gasteiger partial charge is 0.276 e. The van der Waals surface area contributed by atoms with Gasteiger partial charge in [-0.2, -0.15) is 5.26 Å². The number of likely N-dealkylation sites (tertiary alicyclic amines) is 1. The second-order valence-corrected chi connectivity index (χ2v) is 5.62. The summed E-state index contributed by atoms with van der Waals surface area (Å²) >= 11 is 0. The maximum Gasteiger partial charge on any atom is 0.276 e. The number of hydrogen-bond acceptors (Lipinski definition) is 2. The first kappa shape index (κ1) is 12.4. The average Bonchev–Trinajstić information content (AvgIpc) is 3.14. The van der Waals surface area contributed by atoms with Crippen molar-refractivity contribution in [2.45, 2.75) is 44.6 Å². The summed E-state index contributed by atoms with van der Waals surface area (Å²) in [5.41, 5.74) is -0.633. The molecule has 4 heteroatoms. The van der Waals surface area contributed by atoms with Gasteiger partial charge in [0.25, 0.3) is 5.91 Å². The van der Waals surface area contributed by atoms with Gasteiger partial charge in [0.1, 0.15) is 5.54 Å². The van der Waals surface area contributed by atoms with Crippen LogP contribution >= 0.6 is 0 Å². The lowest BCUT2D eigenvalue weighted by molar-refractivity contribution is -0.896. The number of piperidine rings is 1. The minimum atomic E-state index is -0.633. The number of carbonyl (C=O) groups excluding carboxylic acids is 1. The first-order valence-electron chi connectivity index (χ1n) is 6.70. The van der Waals surface area contributed by atoms with Crippen molar-refractivity contribution in [3.05, 3.63) is 0 Å². The standard InChI is InChI=1S/C13H21N3O/c1-13(10-14,11-5-6-11)15-12(17)9-16-7-3-2-4-8-16/h11H,2-9H2,1H3,(H,15,17)/p+1/t13-/m1/s1. The molecule has 2 N–H and O–H groups in total. The number of quaternary nitrogens is 1. The van der Waals surface area contributed by atoms with Gasteiger partial charge in [0.15, 0.2) is 6.54 Å². The molecule has 1 saturated carbocycles. The number of nitrogens with one attached hydrogen (secondary N) is 2. The molecule has 94 valence electrons. The topological polar surface area (TPSA) is 57.3 Å². The molecule has 2 fully saturated rings. The van der Waals surface area contributed by atoms with Gasteiger partial charge in [-0.1, -0.05) is 0 Å². The quantitative estimate of drug-likeness (QED) is 0.714. The molecule has 1 heterocycles. The fourth-order valence-electron chi connectivity index (χ4n) is 2.67. The van der Waals surface area contributed by atoms with E-state index in [0.29, 0.717) is 12.5 Å².